The monoisotopic (exact) mass is 421 g/mol. The molecule has 3 heterocycles. The van der Waals surface area contributed by atoms with Crippen molar-refractivity contribution in [2.24, 2.45) is 0 Å². The second-order valence-corrected chi connectivity index (χ2v) is 10.5. The molecular weight excluding hydrogens is 402 g/mol. The molecule has 2 aromatic heterocycles. The molecule has 0 unspecified atom stereocenters. The van der Waals surface area contributed by atoms with E-state index in [0.717, 1.165) is 20.1 Å². The molecule has 0 atom stereocenters. The number of para-hydroxylation sites is 1. The number of carbonyl (C=O) groups excluding carboxylic acids is 1. The van der Waals surface area contributed by atoms with Crippen molar-refractivity contribution in [2.75, 3.05) is 19.3 Å². The van der Waals surface area contributed by atoms with Gasteiger partial charge in [-0.15, -0.1) is 22.7 Å². The molecule has 27 heavy (non-hydrogen) atoms. The van der Waals surface area contributed by atoms with Gasteiger partial charge in [0, 0.05) is 19.1 Å². The van der Waals surface area contributed by atoms with E-state index in [1.807, 2.05) is 36.4 Å². The van der Waals surface area contributed by atoms with E-state index in [2.05, 4.69) is 9.71 Å². The summed E-state index contributed by atoms with van der Waals surface area (Å²) >= 11 is 3.08. The molecule has 3 aromatic rings. The topological polar surface area (TPSA) is 79.4 Å². The molecule has 0 aliphatic carbocycles. The predicted molar refractivity (Wildman–Crippen MR) is 110 cm³/mol. The Morgan fingerprint density at radius 2 is 1.89 bits per heavy atom. The van der Waals surface area contributed by atoms with Crippen molar-refractivity contribution in [1.29, 1.82) is 0 Å². The molecule has 1 fully saturated rings. The zero-order chi connectivity index (χ0) is 19.0. The highest BCUT2D eigenvalue weighted by Gasteiger charge is 2.26. The van der Waals surface area contributed by atoms with Crippen LogP contribution >= 0.6 is 22.7 Å². The number of hydrogen-bond acceptors (Lipinski definition) is 6. The van der Waals surface area contributed by atoms with Crippen LogP contribution in [0.15, 0.2) is 36.4 Å². The van der Waals surface area contributed by atoms with Gasteiger partial charge in [0.25, 0.3) is 5.91 Å². The summed E-state index contributed by atoms with van der Waals surface area (Å²) in [6.07, 6.45) is 2.43. The Kier molecular flexibility index (Phi) is 5.02. The maximum Gasteiger partial charge on any atom is 0.263 e. The lowest BCUT2D eigenvalue weighted by atomic mass is 10.1. The average Bonchev–Trinajstić information content (AvgIpc) is 3.27. The third-order valence-corrected chi connectivity index (χ3v) is 7.52. The second-order valence-electron chi connectivity index (χ2n) is 6.61. The number of nitrogens with zero attached hydrogens (tertiary/aromatic N) is 2. The third-order valence-electron chi connectivity index (χ3n) is 4.48. The van der Waals surface area contributed by atoms with Crippen LogP contribution in [0.2, 0.25) is 0 Å². The number of thiazole rings is 1. The van der Waals surface area contributed by atoms with Crippen LogP contribution in [0, 0.1) is 0 Å². The average molecular weight is 422 g/mol. The van der Waals surface area contributed by atoms with Gasteiger partial charge >= 0.3 is 0 Å². The van der Waals surface area contributed by atoms with Crippen molar-refractivity contribution in [3.8, 4) is 9.88 Å². The Hall–Kier alpha value is -1.81. The number of benzene rings is 1. The number of hydrogen-bond donors (Lipinski definition) is 1. The van der Waals surface area contributed by atoms with Gasteiger partial charge in [-0.1, -0.05) is 12.1 Å². The molecule has 0 bridgehead atoms. The fraction of sp³-hybridized carbons (Fsp3) is 0.333. The molecule has 1 saturated heterocycles. The minimum Gasteiger partial charge on any atom is -0.338 e. The number of thiophene rings is 1. The fourth-order valence-corrected chi connectivity index (χ4v) is 6.04. The molecule has 1 aliphatic rings. The smallest absolute Gasteiger partial charge is 0.263 e. The highest BCUT2D eigenvalue weighted by molar-refractivity contribution is 7.88. The first-order valence-corrected chi connectivity index (χ1v) is 12.1. The van der Waals surface area contributed by atoms with Gasteiger partial charge in [-0.2, -0.15) is 0 Å². The molecule has 0 spiro atoms. The SMILES string of the molecule is CS(=O)(=O)NC1CCN(C(=O)c2ccc(-c3nc4ccccc4s3)s2)CC1. The highest BCUT2D eigenvalue weighted by Crippen LogP contribution is 2.35. The number of amides is 1. The Labute approximate surface area is 165 Å². The standard InChI is InChI=1S/C18H19N3O3S3/c1-27(23,24)20-12-8-10-21(11-9-12)18(22)16-7-6-15(25-16)17-19-13-4-2-3-5-14(13)26-17/h2-7,12,20H,8-11H2,1H3. The third kappa shape index (κ3) is 4.21. The summed E-state index contributed by atoms with van der Waals surface area (Å²) in [6, 6.07) is 11.7. The number of carbonyl (C=O) groups is 1. The van der Waals surface area contributed by atoms with E-state index < -0.39 is 10.0 Å². The summed E-state index contributed by atoms with van der Waals surface area (Å²) in [5.41, 5.74) is 0.972. The number of piperidine rings is 1. The van der Waals surface area contributed by atoms with Gasteiger partial charge in [-0.05, 0) is 37.1 Å². The van der Waals surface area contributed by atoms with Crippen molar-refractivity contribution in [2.45, 2.75) is 18.9 Å². The molecule has 1 aliphatic heterocycles. The first-order chi connectivity index (χ1) is 12.9. The maximum absolute atomic E-state index is 12.8. The summed E-state index contributed by atoms with van der Waals surface area (Å²) < 4.78 is 26.4. The summed E-state index contributed by atoms with van der Waals surface area (Å²) in [7, 11) is -3.21. The lowest BCUT2D eigenvalue weighted by molar-refractivity contribution is 0.0716. The van der Waals surface area contributed by atoms with Crippen LogP contribution in [-0.4, -0.2) is 49.6 Å². The molecule has 0 saturated carbocycles. The Morgan fingerprint density at radius 3 is 2.59 bits per heavy atom. The first-order valence-electron chi connectivity index (χ1n) is 8.61. The molecule has 4 rings (SSSR count). The minimum atomic E-state index is -3.21. The molecule has 6 nitrogen and oxygen atoms in total. The first kappa shape index (κ1) is 18.5. The van der Waals surface area contributed by atoms with Crippen molar-refractivity contribution >= 4 is 48.8 Å². The molecule has 0 radical (unpaired) electrons. The number of fused-ring (bicyclic) bond motifs is 1. The molecule has 1 N–H and O–H groups in total. The predicted octanol–water partition coefficient (Wildman–Crippen LogP) is 3.18. The number of aromatic nitrogens is 1. The summed E-state index contributed by atoms with van der Waals surface area (Å²) in [4.78, 5) is 20.9. The van der Waals surface area contributed by atoms with Crippen molar-refractivity contribution in [3.05, 3.63) is 41.3 Å². The zero-order valence-corrected chi connectivity index (χ0v) is 17.2. The number of rotatable bonds is 4. The van der Waals surface area contributed by atoms with Crippen molar-refractivity contribution < 1.29 is 13.2 Å². The number of likely N-dealkylation sites (tertiary alicyclic amines) is 1. The van der Waals surface area contributed by atoms with E-state index >= 15 is 0 Å². The van der Waals surface area contributed by atoms with Gasteiger partial charge in [0.15, 0.2) is 0 Å². The van der Waals surface area contributed by atoms with E-state index in [4.69, 9.17) is 0 Å². The second kappa shape index (κ2) is 7.31. The maximum atomic E-state index is 12.8. The summed E-state index contributed by atoms with van der Waals surface area (Å²) in [5.74, 6) is 0.00478. The van der Waals surface area contributed by atoms with Gasteiger partial charge in [-0.3, -0.25) is 4.79 Å². The quantitative estimate of drug-likeness (QED) is 0.702. The molecular formula is C18H19N3O3S3. The Bertz CT molecular complexity index is 1050. The van der Waals surface area contributed by atoms with Crippen molar-refractivity contribution in [1.82, 2.24) is 14.6 Å². The van der Waals surface area contributed by atoms with Crippen LogP contribution in [0.5, 0.6) is 0 Å². The minimum absolute atomic E-state index is 0.00478. The lowest BCUT2D eigenvalue weighted by Gasteiger charge is -2.31. The van der Waals surface area contributed by atoms with Crippen LogP contribution in [-0.2, 0) is 10.0 Å². The molecule has 9 heteroatoms. The van der Waals surface area contributed by atoms with Crippen LogP contribution in [0.4, 0.5) is 0 Å². The lowest BCUT2D eigenvalue weighted by Crippen LogP contribution is -2.46. The number of sulfonamides is 1. The summed E-state index contributed by atoms with van der Waals surface area (Å²) in [6.45, 7) is 1.11. The van der Waals surface area contributed by atoms with Crippen LogP contribution in [0.1, 0.15) is 22.5 Å². The van der Waals surface area contributed by atoms with Gasteiger partial charge in [0.1, 0.15) is 5.01 Å². The Morgan fingerprint density at radius 1 is 1.15 bits per heavy atom. The van der Waals surface area contributed by atoms with Gasteiger partial charge in [0.05, 0.1) is 26.2 Å². The van der Waals surface area contributed by atoms with Gasteiger partial charge in [-0.25, -0.2) is 18.1 Å². The fourth-order valence-electron chi connectivity index (χ4n) is 3.20. The van der Waals surface area contributed by atoms with E-state index in [1.54, 1.807) is 16.2 Å². The Balaban J connectivity index is 1.45. The van der Waals surface area contributed by atoms with Crippen molar-refractivity contribution in [3.63, 3.8) is 0 Å². The van der Waals surface area contributed by atoms with E-state index in [1.165, 1.54) is 17.6 Å². The molecule has 142 valence electrons. The van der Waals surface area contributed by atoms with Gasteiger partial charge in [0.2, 0.25) is 10.0 Å². The van der Waals surface area contributed by atoms with Crippen LogP contribution in [0.25, 0.3) is 20.1 Å². The van der Waals surface area contributed by atoms with Crippen LogP contribution in [0.3, 0.4) is 0 Å². The van der Waals surface area contributed by atoms with E-state index in [9.17, 15) is 13.2 Å². The van der Waals surface area contributed by atoms with Crippen LogP contribution < -0.4 is 4.72 Å². The normalized spacial score (nSPS) is 16.1. The number of nitrogens with one attached hydrogen (secondary N) is 1. The zero-order valence-electron chi connectivity index (χ0n) is 14.7. The summed E-state index contributed by atoms with van der Waals surface area (Å²) in [5, 5.41) is 0.927. The largest absolute Gasteiger partial charge is 0.338 e. The van der Waals surface area contributed by atoms with E-state index in [-0.39, 0.29) is 11.9 Å². The molecule has 1 aromatic carbocycles. The van der Waals surface area contributed by atoms with E-state index in [0.29, 0.717) is 30.8 Å². The highest BCUT2D eigenvalue weighted by atomic mass is 32.2. The van der Waals surface area contributed by atoms with Gasteiger partial charge < -0.3 is 4.90 Å². The molecule has 1 amide bonds.